The van der Waals surface area contributed by atoms with Crippen LogP contribution < -0.4 is 9.47 Å². The molecular weight excluding hydrogens is 607 g/mol. The Labute approximate surface area is 271 Å². The minimum Gasteiger partial charge on any atom is -0.497 e. The molecule has 2 fully saturated rings. The number of ether oxygens (including phenoxy) is 3. The number of methoxy groups -OCH3 is 1. The molecule has 0 spiro atoms. The Morgan fingerprint density at radius 1 is 0.841 bits per heavy atom. The zero-order valence-electron chi connectivity index (χ0n) is 25.6. The summed E-state index contributed by atoms with van der Waals surface area (Å²) in [6.45, 7) is 8.55. The number of nitrogens with zero attached hydrogens (tertiary/aromatic N) is 4. The molecule has 3 aromatic rings. The number of esters is 2. The van der Waals surface area contributed by atoms with Crippen molar-refractivity contribution in [1.82, 2.24) is 19.3 Å². The van der Waals surface area contributed by atoms with Gasteiger partial charge in [0.15, 0.2) is 0 Å². The first-order chi connectivity index (χ1) is 20.3. The van der Waals surface area contributed by atoms with Crippen molar-refractivity contribution in [3.8, 4) is 11.5 Å². The fourth-order valence-electron chi connectivity index (χ4n) is 5.73. The van der Waals surface area contributed by atoms with Gasteiger partial charge in [-0.05, 0) is 67.8 Å². The molecule has 44 heavy (non-hydrogen) atoms. The van der Waals surface area contributed by atoms with Crippen LogP contribution in [0.15, 0.2) is 42.5 Å². The van der Waals surface area contributed by atoms with E-state index in [0.717, 1.165) is 80.0 Å². The third-order valence-corrected chi connectivity index (χ3v) is 8.40. The van der Waals surface area contributed by atoms with Crippen molar-refractivity contribution in [3.63, 3.8) is 0 Å². The predicted octanol–water partition coefficient (Wildman–Crippen LogP) is 3.88. The zero-order chi connectivity index (χ0) is 29.6. The summed E-state index contributed by atoms with van der Waals surface area (Å²) < 4.78 is 18.5. The van der Waals surface area contributed by atoms with E-state index in [1.165, 1.54) is 0 Å². The fourth-order valence-corrected chi connectivity index (χ4v) is 5.73. The summed E-state index contributed by atoms with van der Waals surface area (Å²) in [5.74, 6) is 0.533. The van der Waals surface area contributed by atoms with Crippen molar-refractivity contribution in [2.24, 2.45) is 7.05 Å². The maximum Gasteiger partial charge on any atom is 0.338 e. The van der Waals surface area contributed by atoms with Gasteiger partial charge in [0.05, 0.1) is 25.6 Å². The van der Waals surface area contributed by atoms with Gasteiger partial charge in [0.1, 0.15) is 18.1 Å². The van der Waals surface area contributed by atoms with E-state index in [2.05, 4.69) is 14.4 Å². The van der Waals surface area contributed by atoms with E-state index < -0.39 is 5.97 Å². The van der Waals surface area contributed by atoms with Crippen molar-refractivity contribution < 1.29 is 28.6 Å². The summed E-state index contributed by atoms with van der Waals surface area (Å²) in [6, 6.07) is 12.2. The molecule has 0 saturated carbocycles. The lowest BCUT2D eigenvalue weighted by Gasteiger charge is -2.34. The number of carbonyl (C=O) groups is 3. The second kappa shape index (κ2) is 16.1. The lowest BCUT2D eigenvalue weighted by molar-refractivity contribution is -0.133. The van der Waals surface area contributed by atoms with Gasteiger partial charge in [-0.3, -0.25) is 19.4 Å². The van der Waals surface area contributed by atoms with E-state index in [0.29, 0.717) is 24.4 Å². The number of rotatable bonds is 10. The summed E-state index contributed by atoms with van der Waals surface area (Å²) in [6.07, 6.45) is 2.33. The van der Waals surface area contributed by atoms with Crippen LogP contribution >= 0.6 is 24.8 Å². The third kappa shape index (κ3) is 8.44. The summed E-state index contributed by atoms with van der Waals surface area (Å²) in [5.41, 5.74) is 3.30. The second-order valence-electron chi connectivity index (χ2n) is 11.0. The minimum atomic E-state index is -0.414. The largest absolute Gasteiger partial charge is 0.497 e. The van der Waals surface area contributed by atoms with Gasteiger partial charge in [0.25, 0.3) is 0 Å². The van der Waals surface area contributed by atoms with Crippen molar-refractivity contribution in [1.29, 1.82) is 0 Å². The van der Waals surface area contributed by atoms with E-state index in [1.807, 2.05) is 37.1 Å². The van der Waals surface area contributed by atoms with E-state index in [1.54, 1.807) is 31.4 Å². The van der Waals surface area contributed by atoms with E-state index in [-0.39, 0.29) is 49.7 Å². The highest BCUT2D eigenvalue weighted by atomic mass is 35.5. The molecule has 10 nitrogen and oxygen atoms in total. The molecule has 0 aliphatic carbocycles. The normalized spacial score (nSPS) is 15.4. The molecule has 1 aromatic heterocycles. The number of likely N-dealkylation sites (tertiary alicyclic amines) is 1. The quantitative estimate of drug-likeness (QED) is 0.242. The highest BCUT2D eigenvalue weighted by Crippen LogP contribution is 2.29. The summed E-state index contributed by atoms with van der Waals surface area (Å²) in [7, 11) is 3.59. The molecule has 2 saturated heterocycles. The first kappa shape index (κ1) is 35.2. The van der Waals surface area contributed by atoms with Crippen molar-refractivity contribution in [2.45, 2.75) is 26.2 Å². The molecule has 0 N–H and O–H groups in total. The molecule has 0 atom stereocenters. The Morgan fingerprint density at radius 2 is 1.48 bits per heavy atom. The number of carbonyl (C=O) groups excluding carboxylic acids is 3. The molecule has 1 amide bonds. The Bertz CT molecular complexity index is 1430. The Morgan fingerprint density at radius 3 is 2.14 bits per heavy atom. The third-order valence-electron chi connectivity index (χ3n) is 8.40. The van der Waals surface area contributed by atoms with Crippen LogP contribution in [0.5, 0.6) is 11.5 Å². The summed E-state index contributed by atoms with van der Waals surface area (Å²) in [5, 5.41) is 0.957. The molecule has 2 aromatic carbocycles. The van der Waals surface area contributed by atoms with Crippen molar-refractivity contribution in [3.05, 3.63) is 59.3 Å². The first-order valence-electron chi connectivity index (χ1n) is 14.6. The van der Waals surface area contributed by atoms with Gasteiger partial charge in [-0.15, -0.1) is 24.8 Å². The van der Waals surface area contributed by atoms with Gasteiger partial charge in [0, 0.05) is 69.5 Å². The fraction of sp³-hybridized carbons (Fsp3) is 0.469. The molecule has 240 valence electrons. The number of halogens is 2. The van der Waals surface area contributed by atoms with Crippen LogP contribution in [0.4, 0.5) is 0 Å². The topological polar surface area (TPSA) is 93.5 Å². The van der Waals surface area contributed by atoms with Gasteiger partial charge in [-0.1, -0.05) is 0 Å². The van der Waals surface area contributed by atoms with E-state index >= 15 is 0 Å². The standard InChI is InChI=1S/C32H40N4O6.2ClH/c1-23-27(28-20-26(40-3)10-11-29(28)33(23)2)21-31(38)42-25-8-6-24(7-9-25)32(39)41-19-18-34-14-16-35(17-15-34)22-30(37)36-12-4-5-13-36;;/h6-11,20H,4-5,12-19,21-22H2,1-3H3;2*1H. The number of piperazine rings is 1. The van der Waals surface area contributed by atoms with Gasteiger partial charge in [-0.25, -0.2) is 4.79 Å². The van der Waals surface area contributed by atoms with Gasteiger partial charge < -0.3 is 23.7 Å². The van der Waals surface area contributed by atoms with Crippen LogP contribution in [-0.4, -0.2) is 103 Å². The molecular formula is C32H42Cl2N4O6. The van der Waals surface area contributed by atoms with Crippen LogP contribution in [0.1, 0.15) is 34.5 Å². The number of amides is 1. The maximum absolute atomic E-state index is 12.8. The average molecular weight is 650 g/mol. The highest BCUT2D eigenvalue weighted by Gasteiger charge is 2.23. The monoisotopic (exact) mass is 648 g/mol. The number of benzene rings is 2. The number of fused-ring (bicyclic) bond motifs is 1. The van der Waals surface area contributed by atoms with E-state index in [4.69, 9.17) is 14.2 Å². The smallest absolute Gasteiger partial charge is 0.338 e. The number of aryl methyl sites for hydroxylation is 1. The van der Waals surface area contributed by atoms with Gasteiger partial charge in [0.2, 0.25) is 5.91 Å². The first-order valence-corrected chi connectivity index (χ1v) is 14.6. The highest BCUT2D eigenvalue weighted by molar-refractivity contribution is 5.91. The molecule has 0 bridgehead atoms. The SMILES string of the molecule is COc1ccc2c(c1)c(CC(=O)Oc1ccc(C(=O)OCCN3CCN(CC(=O)N4CCCC4)CC3)cc1)c(C)n2C.Cl.Cl. The van der Waals surface area contributed by atoms with E-state index in [9.17, 15) is 14.4 Å². The molecule has 12 heteroatoms. The van der Waals surface area contributed by atoms with Gasteiger partial charge in [-0.2, -0.15) is 0 Å². The molecule has 2 aliphatic heterocycles. The average Bonchev–Trinajstić information content (AvgIpc) is 3.62. The predicted molar refractivity (Wildman–Crippen MR) is 173 cm³/mol. The number of aromatic nitrogens is 1. The zero-order valence-corrected chi connectivity index (χ0v) is 27.2. The Balaban J connectivity index is 0.00000264. The minimum absolute atomic E-state index is 0. The van der Waals surface area contributed by atoms with Crippen molar-refractivity contribution in [2.75, 3.05) is 66.1 Å². The summed E-state index contributed by atoms with van der Waals surface area (Å²) in [4.78, 5) is 44.2. The van der Waals surface area contributed by atoms with Crippen molar-refractivity contribution >= 4 is 53.6 Å². The van der Waals surface area contributed by atoms with Crippen LogP contribution in [0.2, 0.25) is 0 Å². The molecule has 5 rings (SSSR count). The summed E-state index contributed by atoms with van der Waals surface area (Å²) >= 11 is 0. The Kier molecular flexibility index (Phi) is 12.9. The molecule has 2 aliphatic rings. The lowest BCUT2D eigenvalue weighted by atomic mass is 10.1. The molecule has 0 unspecified atom stereocenters. The number of hydrogen-bond donors (Lipinski definition) is 0. The maximum atomic E-state index is 12.8. The van der Waals surface area contributed by atoms with Crippen LogP contribution in [-0.2, 0) is 27.8 Å². The molecule has 3 heterocycles. The molecule has 0 radical (unpaired) electrons. The van der Waals surface area contributed by atoms with Crippen LogP contribution in [0.3, 0.4) is 0 Å². The number of hydrogen-bond acceptors (Lipinski definition) is 8. The lowest BCUT2D eigenvalue weighted by Crippen LogP contribution is -2.50. The van der Waals surface area contributed by atoms with Crippen LogP contribution in [0.25, 0.3) is 10.9 Å². The Hall–Kier alpha value is -3.31. The van der Waals surface area contributed by atoms with Crippen LogP contribution in [0, 0.1) is 6.92 Å². The second-order valence-corrected chi connectivity index (χ2v) is 11.0. The van der Waals surface area contributed by atoms with Gasteiger partial charge >= 0.3 is 11.9 Å².